The Bertz CT molecular complexity index is 419. The number of nitrogens with two attached hydrogens (primary N) is 1. The molecule has 5 nitrogen and oxygen atoms in total. The lowest BCUT2D eigenvalue weighted by Crippen LogP contribution is -2.29. The number of carbonyl (C=O) groups excluding carboxylic acids is 1. The Kier molecular flexibility index (Phi) is 6.32. The Hall–Kier alpha value is -1.59. The fourth-order valence-electron chi connectivity index (χ4n) is 1.62. The van der Waals surface area contributed by atoms with Gasteiger partial charge in [0.25, 0.3) is 5.91 Å². The highest BCUT2D eigenvalue weighted by atomic mass is 16.5. The first-order valence-electron chi connectivity index (χ1n) is 6.47. The molecule has 0 saturated heterocycles. The molecule has 0 radical (unpaired) electrons. The van der Waals surface area contributed by atoms with Crippen molar-refractivity contribution in [2.75, 3.05) is 25.2 Å². The number of amides is 1. The number of benzene rings is 1. The monoisotopic (exact) mass is 265 g/mol. The van der Waals surface area contributed by atoms with Gasteiger partial charge < -0.3 is 15.5 Å². The molecule has 0 aliphatic carbocycles. The first-order valence-corrected chi connectivity index (χ1v) is 6.47. The van der Waals surface area contributed by atoms with Gasteiger partial charge in [0.15, 0.2) is 0 Å². The lowest BCUT2D eigenvalue weighted by Gasteiger charge is -2.11. The van der Waals surface area contributed by atoms with E-state index in [1.807, 2.05) is 13.0 Å². The van der Waals surface area contributed by atoms with Crippen LogP contribution in [0.25, 0.3) is 0 Å². The zero-order valence-corrected chi connectivity index (χ0v) is 11.8. The van der Waals surface area contributed by atoms with Gasteiger partial charge in [-0.2, -0.15) is 0 Å². The number of nitrogens with one attached hydrogen (secondary N) is 2. The topological polar surface area (TPSA) is 76.4 Å². The Morgan fingerprint density at radius 3 is 2.79 bits per heavy atom. The molecular formula is C14H23N3O2. The van der Waals surface area contributed by atoms with Crippen LogP contribution in [-0.4, -0.2) is 25.7 Å². The predicted octanol–water partition coefficient (Wildman–Crippen LogP) is 1.68. The average Bonchev–Trinajstić information content (AvgIpc) is 2.37. The second-order valence-corrected chi connectivity index (χ2v) is 4.92. The number of hydrogen-bond donors (Lipinski definition) is 3. The molecule has 4 N–H and O–H groups in total. The van der Waals surface area contributed by atoms with Crippen LogP contribution >= 0.6 is 0 Å². The molecule has 0 aliphatic rings. The van der Waals surface area contributed by atoms with Crippen molar-refractivity contribution in [2.45, 2.75) is 20.8 Å². The zero-order chi connectivity index (χ0) is 14.3. The molecule has 0 bridgehead atoms. The summed E-state index contributed by atoms with van der Waals surface area (Å²) in [5.41, 5.74) is 4.71. The minimum atomic E-state index is -0.148. The van der Waals surface area contributed by atoms with Gasteiger partial charge in [0.05, 0.1) is 17.9 Å². The summed E-state index contributed by atoms with van der Waals surface area (Å²) in [7, 11) is 0. The lowest BCUT2D eigenvalue weighted by molar-refractivity contribution is 0.0887. The number of aryl methyl sites for hydroxylation is 1. The maximum Gasteiger partial charge on any atom is 0.253 e. The summed E-state index contributed by atoms with van der Waals surface area (Å²) in [6, 6.07) is 5.50. The van der Waals surface area contributed by atoms with Crippen molar-refractivity contribution in [3.63, 3.8) is 0 Å². The van der Waals surface area contributed by atoms with Crippen molar-refractivity contribution in [3.05, 3.63) is 29.3 Å². The van der Waals surface area contributed by atoms with E-state index in [2.05, 4.69) is 24.6 Å². The van der Waals surface area contributed by atoms with Crippen molar-refractivity contribution >= 4 is 11.6 Å². The van der Waals surface area contributed by atoms with Gasteiger partial charge in [-0.05, 0) is 25.0 Å². The van der Waals surface area contributed by atoms with Gasteiger partial charge in [0, 0.05) is 13.2 Å². The second-order valence-electron chi connectivity index (χ2n) is 4.92. The van der Waals surface area contributed by atoms with Gasteiger partial charge in [-0.25, -0.2) is 0 Å². The Balaban J connectivity index is 2.47. The highest BCUT2D eigenvalue weighted by Gasteiger charge is 2.10. The van der Waals surface area contributed by atoms with Gasteiger partial charge >= 0.3 is 0 Å². The molecule has 1 rings (SSSR count). The molecule has 1 aromatic carbocycles. The number of ether oxygens (including phenoxy) is 1. The first-order chi connectivity index (χ1) is 9.04. The maximum absolute atomic E-state index is 12.0. The summed E-state index contributed by atoms with van der Waals surface area (Å²) in [6.07, 6.45) is 0. The van der Waals surface area contributed by atoms with Crippen LogP contribution in [0.2, 0.25) is 0 Å². The van der Waals surface area contributed by atoms with Crippen molar-refractivity contribution in [2.24, 2.45) is 11.8 Å². The van der Waals surface area contributed by atoms with E-state index >= 15 is 0 Å². The van der Waals surface area contributed by atoms with Crippen molar-refractivity contribution < 1.29 is 9.53 Å². The van der Waals surface area contributed by atoms with Gasteiger partial charge in [-0.3, -0.25) is 10.6 Å². The number of nitrogen functional groups attached to an aromatic ring is 1. The van der Waals surface area contributed by atoms with Crippen LogP contribution in [0.1, 0.15) is 29.8 Å². The normalized spacial score (nSPS) is 10.6. The summed E-state index contributed by atoms with van der Waals surface area (Å²) in [5, 5.41) is 2.82. The summed E-state index contributed by atoms with van der Waals surface area (Å²) in [6.45, 7) is 7.82. The summed E-state index contributed by atoms with van der Waals surface area (Å²) in [5.74, 6) is 5.75. The van der Waals surface area contributed by atoms with Crippen LogP contribution in [0.15, 0.2) is 18.2 Å². The highest BCUT2D eigenvalue weighted by molar-refractivity contribution is 5.99. The summed E-state index contributed by atoms with van der Waals surface area (Å²) < 4.78 is 5.41. The quantitative estimate of drug-likeness (QED) is 0.398. The largest absolute Gasteiger partial charge is 0.379 e. The lowest BCUT2D eigenvalue weighted by atomic mass is 10.1. The van der Waals surface area contributed by atoms with Crippen molar-refractivity contribution in [1.82, 2.24) is 5.32 Å². The molecule has 0 unspecified atom stereocenters. The molecule has 1 amide bonds. The number of hydrogen-bond acceptors (Lipinski definition) is 4. The van der Waals surface area contributed by atoms with Gasteiger partial charge in [0.2, 0.25) is 0 Å². The molecule has 0 atom stereocenters. The van der Waals surface area contributed by atoms with Crippen LogP contribution in [0.3, 0.4) is 0 Å². The smallest absolute Gasteiger partial charge is 0.253 e. The number of rotatable bonds is 7. The average molecular weight is 265 g/mol. The first kappa shape index (κ1) is 15.5. The molecule has 0 aliphatic heterocycles. The van der Waals surface area contributed by atoms with E-state index in [4.69, 9.17) is 10.6 Å². The predicted molar refractivity (Wildman–Crippen MR) is 77.0 cm³/mol. The van der Waals surface area contributed by atoms with E-state index in [9.17, 15) is 4.79 Å². The van der Waals surface area contributed by atoms with Gasteiger partial charge in [-0.15, -0.1) is 0 Å². The zero-order valence-electron chi connectivity index (χ0n) is 11.8. The molecule has 106 valence electrons. The maximum atomic E-state index is 12.0. The van der Waals surface area contributed by atoms with Crippen LogP contribution < -0.4 is 16.6 Å². The Labute approximate surface area is 114 Å². The minimum Gasteiger partial charge on any atom is -0.379 e. The molecule has 0 saturated carbocycles. The summed E-state index contributed by atoms with van der Waals surface area (Å²) >= 11 is 0. The number of hydrazine groups is 1. The third kappa shape index (κ3) is 5.28. The van der Waals surface area contributed by atoms with E-state index in [1.165, 1.54) is 0 Å². The van der Waals surface area contributed by atoms with E-state index in [0.717, 1.165) is 5.56 Å². The van der Waals surface area contributed by atoms with Crippen LogP contribution in [0.5, 0.6) is 0 Å². The molecule has 0 heterocycles. The fourth-order valence-corrected chi connectivity index (χ4v) is 1.62. The SMILES string of the molecule is Cc1ccc(NN)c(C(=O)NCCOCC(C)C)c1. The Morgan fingerprint density at radius 2 is 2.16 bits per heavy atom. The number of anilines is 1. The molecular weight excluding hydrogens is 242 g/mol. The Morgan fingerprint density at radius 1 is 1.42 bits per heavy atom. The molecule has 0 spiro atoms. The highest BCUT2D eigenvalue weighted by Crippen LogP contribution is 2.15. The third-order valence-electron chi connectivity index (χ3n) is 2.56. The van der Waals surface area contributed by atoms with E-state index in [1.54, 1.807) is 12.1 Å². The van der Waals surface area contributed by atoms with E-state index < -0.39 is 0 Å². The second kappa shape index (κ2) is 7.76. The van der Waals surface area contributed by atoms with Crippen LogP contribution in [-0.2, 0) is 4.74 Å². The van der Waals surface area contributed by atoms with E-state index in [-0.39, 0.29) is 5.91 Å². The molecule has 19 heavy (non-hydrogen) atoms. The molecule has 5 heteroatoms. The molecule has 1 aromatic rings. The van der Waals surface area contributed by atoms with E-state index in [0.29, 0.717) is 36.9 Å². The number of carbonyl (C=O) groups is 1. The van der Waals surface area contributed by atoms with Crippen molar-refractivity contribution in [3.8, 4) is 0 Å². The van der Waals surface area contributed by atoms with Crippen LogP contribution in [0.4, 0.5) is 5.69 Å². The standard InChI is InChI=1S/C14H23N3O2/c1-10(2)9-19-7-6-16-14(18)12-8-11(3)4-5-13(12)17-15/h4-5,8,10,17H,6-7,9,15H2,1-3H3,(H,16,18). The molecule has 0 fully saturated rings. The van der Waals surface area contributed by atoms with Crippen molar-refractivity contribution in [1.29, 1.82) is 0 Å². The van der Waals surface area contributed by atoms with Crippen LogP contribution in [0, 0.1) is 12.8 Å². The fraction of sp³-hybridized carbons (Fsp3) is 0.500. The van der Waals surface area contributed by atoms with Gasteiger partial charge in [-0.1, -0.05) is 25.5 Å². The molecule has 0 aromatic heterocycles. The third-order valence-corrected chi connectivity index (χ3v) is 2.56. The summed E-state index contributed by atoms with van der Waals surface area (Å²) in [4.78, 5) is 12.0. The minimum absolute atomic E-state index is 0.148. The van der Waals surface area contributed by atoms with Gasteiger partial charge in [0.1, 0.15) is 0 Å².